The van der Waals surface area contributed by atoms with Crippen molar-refractivity contribution in [3.8, 4) is 0 Å². The summed E-state index contributed by atoms with van der Waals surface area (Å²) in [7, 11) is 0. The van der Waals surface area contributed by atoms with Crippen molar-refractivity contribution < 1.29 is 5.11 Å². The third-order valence-corrected chi connectivity index (χ3v) is 4.33. The van der Waals surface area contributed by atoms with Gasteiger partial charge in [0.1, 0.15) is 0 Å². The van der Waals surface area contributed by atoms with Crippen LogP contribution in [0, 0.1) is 11.8 Å². The molecule has 0 bridgehead atoms. The summed E-state index contributed by atoms with van der Waals surface area (Å²) in [6.45, 7) is 6.37. The fourth-order valence-electron chi connectivity index (χ4n) is 3.15. The molecule has 2 saturated heterocycles. The topological polar surface area (TPSA) is 44.3 Å². The van der Waals surface area contributed by atoms with E-state index in [1.54, 1.807) is 0 Å². The minimum Gasteiger partial charge on any atom is -0.390 e. The molecule has 0 aliphatic carbocycles. The van der Waals surface area contributed by atoms with Gasteiger partial charge in [-0.05, 0) is 70.6 Å². The maximum atomic E-state index is 10.7. The van der Waals surface area contributed by atoms with Crippen molar-refractivity contribution in [1.82, 2.24) is 10.6 Å². The van der Waals surface area contributed by atoms with Crippen molar-refractivity contribution in [2.24, 2.45) is 11.8 Å². The average molecular weight is 212 g/mol. The molecule has 0 aromatic heterocycles. The highest BCUT2D eigenvalue weighted by Crippen LogP contribution is 2.36. The molecule has 2 fully saturated rings. The molecule has 2 heterocycles. The molecule has 0 radical (unpaired) electrons. The molecular weight excluding hydrogens is 188 g/mol. The summed E-state index contributed by atoms with van der Waals surface area (Å²) < 4.78 is 0. The van der Waals surface area contributed by atoms with Crippen molar-refractivity contribution in [3.63, 3.8) is 0 Å². The molecule has 0 aromatic rings. The summed E-state index contributed by atoms with van der Waals surface area (Å²) in [5, 5.41) is 17.4. The van der Waals surface area contributed by atoms with E-state index in [1.165, 1.54) is 0 Å². The van der Waals surface area contributed by atoms with Crippen LogP contribution >= 0.6 is 0 Å². The molecule has 3 heteroatoms. The zero-order chi connectivity index (χ0) is 10.7. The van der Waals surface area contributed by atoms with Crippen LogP contribution < -0.4 is 10.6 Å². The summed E-state index contributed by atoms with van der Waals surface area (Å²) in [4.78, 5) is 0. The van der Waals surface area contributed by atoms with Crippen LogP contribution in [0.5, 0.6) is 0 Å². The molecule has 0 unspecified atom stereocenters. The van der Waals surface area contributed by atoms with Crippen LogP contribution in [0.25, 0.3) is 0 Å². The van der Waals surface area contributed by atoms with E-state index < -0.39 is 5.60 Å². The molecule has 3 nitrogen and oxygen atoms in total. The predicted molar refractivity (Wildman–Crippen MR) is 61.8 cm³/mol. The number of piperidine rings is 2. The molecule has 2 rings (SSSR count). The Morgan fingerprint density at radius 2 is 1.20 bits per heavy atom. The quantitative estimate of drug-likeness (QED) is 0.632. The molecule has 0 aromatic carbocycles. The first-order valence-electron chi connectivity index (χ1n) is 6.35. The second kappa shape index (κ2) is 4.81. The lowest BCUT2D eigenvalue weighted by Gasteiger charge is -2.43. The van der Waals surface area contributed by atoms with Gasteiger partial charge in [0, 0.05) is 0 Å². The Morgan fingerprint density at radius 3 is 1.53 bits per heavy atom. The summed E-state index contributed by atoms with van der Waals surface area (Å²) in [6.07, 6.45) is 4.54. The number of rotatable bonds is 2. The third kappa shape index (κ3) is 2.52. The molecule has 2 aliphatic rings. The van der Waals surface area contributed by atoms with Crippen LogP contribution in [0.3, 0.4) is 0 Å². The zero-order valence-electron chi connectivity index (χ0n) is 9.76. The Hall–Kier alpha value is -0.120. The molecule has 0 atom stereocenters. The van der Waals surface area contributed by atoms with Gasteiger partial charge in [-0.3, -0.25) is 0 Å². The van der Waals surface area contributed by atoms with E-state index in [0.717, 1.165) is 51.9 Å². The minimum atomic E-state index is -0.440. The van der Waals surface area contributed by atoms with Crippen LogP contribution in [0.15, 0.2) is 0 Å². The molecule has 0 spiro atoms. The van der Waals surface area contributed by atoms with Crippen molar-refractivity contribution in [1.29, 1.82) is 0 Å². The largest absolute Gasteiger partial charge is 0.390 e. The van der Waals surface area contributed by atoms with Gasteiger partial charge in [0.2, 0.25) is 0 Å². The lowest BCUT2D eigenvalue weighted by atomic mass is 9.71. The number of hydrogen-bond acceptors (Lipinski definition) is 3. The van der Waals surface area contributed by atoms with Crippen LogP contribution in [-0.4, -0.2) is 36.9 Å². The van der Waals surface area contributed by atoms with Gasteiger partial charge in [0.05, 0.1) is 5.60 Å². The van der Waals surface area contributed by atoms with E-state index in [-0.39, 0.29) is 0 Å². The van der Waals surface area contributed by atoms with E-state index in [0.29, 0.717) is 11.8 Å². The SMILES string of the molecule is CC(O)(C1CCNCC1)C1CCNCC1. The summed E-state index contributed by atoms with van der Waals surface area (Å²) in [6, 6.07) is 0. The van der Waals surface area contributed by atoms with Crippen molar-refractivity contribution in [3.05, 3.63) is 0 Å². The first kappa shape index (κ1) is 11.4. The summed E-state index contributed by atoms with van der Waals surface area (Å²) in [5.74, 6) is 1.00. The number of hydrogen-bond donors (Lipinski definition) is 3. The lowest BCUT2D eigenvalue weighted by molar-refractivity contribution is -0.0723. The van der Waals surface area contributed by atoms with Gasteiger partial charge in [-0.25, -0.2) is 0 Å². The maximum Gasteiger partial charge on any atom is 0.0677 e. The molecule has 3 N–H and O–H groups in total. The molecule has 0 amide bonds. The van der Waals surface area contributed by atoms with E-state index >= 15 is 0 Å². The summed E-state index contributed by atoms with van der Waals surface area (Å²) >= 11 is 0. The molecule has 15 heavy (non-hydrogen) atoms. The van der Waals surface area contributed by atoms with Crippen molar-refractivity contribution >= 4 is 0 Å². The van der Waals surface area contributed by atoms with E-state index in [4.69, 9.17) is 0 Å². The minimum absolute atomic E-state index is 0.440. The van der Waals surface area contributed by atoms with Gasteiger partial charge in [-0.2, -0.15) is 0 Å². The van der Waals surface area contributed by atoms with Crippen molar-refractivity contribution in [2.45, 2.75) is 38.2 Å². The van der Waals surface area contributed by atoms with Gasteiger partial charge in [0.25, 0.3) is 0 Å². The standard InChI is InChI=1S/C12H24N2O/c1-12(15,10-2-6-13-7-3-10)11-4-8-14-9-5-11/h10-11,13-15H,2-9H2,1H3. The fourth-order valence-corrected chi connectivity index (χ4v) is 3.15. The monoisotopic (exact) mass is 212 g/mol. The first-order chi connectivity index (χ1) is 7.21. The Morgan fingerprint density at radius 1 is 0.867 bits per heavy atom. The van der Waals surface area contributed by atoms with Gasteiger partial charge < -0.3 is 15.7 Å². The van der Waals surface area contributed by atoms with Crippen LogP contribution in [0.1, 0.15) is 32.6 Å². The lowest BCUT2D eigenvalue weighted by Crippen LogP contribution is -2.49. The van der Waals surface area contributed by atoms with Crippen LogP contribution in [0.2, 0.25) is 0 Å². The zero-order valence-corrected chi connectivity index (χ0v) is 9.76. The normalized spacial score (nSPS) is 26.8. The highest BCUT2D eigenvalue weighted by Gasteiger charge is 2.39. The smallest absolute Gasteiger partial charge is 0.0677 e. The molecular formula is C12H24N2O. The second-order valence-electron chi connectivity index (χ2n) is 5.27. The molecule has 88 valence electrons. The van der Waals surface area contributed by atoms with E-state index in [1.807, 2.05) is 0 Å². The molecule has 2 aliphatic heterocycles. The number of aliphatic hydroxyl groups is 1. The average Bonchev–Trinajstić information content (AvgIpc) is 2.31. The van der Waals surface area contributed by atoms with Gasteiger partial charge in [-0.15, -0.1) is 0 Å². The fraction of sp³-hybridized carbons (Fsp3) is 1.00. The van der Waals surface area contributed by atoms with Crippen molar-refractivity contribution in [2.75, 3.05) is 26.2 Å². The van der Waals surface area contributed by atoms with Crippen LogP contribution in [-0.2, 0) is 0 Å². The third-order valence-electron chi connectivity index (χ3n) is 4.33. The Labute approximate surface area is 92.6 Å². The first-order valence-corrected chi connectivity index (χ1v) is 6.35. The van der Waals surface area contributed by atoms with E-state index in [9.17, 15) is 5.11 Å². The Kier molecular flexibility index (Phi) is 3.65. The van der Waals surface area contributed by atoms with Crippen LogP contribution in [0.4, 0.5) is 0 Å². The second-order valence-corrected chi connectivity index (χ2v) is 5.27. The Balaban J connectivity index is 1.96. The maximum absolute atomic E-state index is 10.7. The van der Waals surface area contributed by atoms with Gasteiger partial charge in [-0.1, -0.05) is 0 Å². The van der Waals surface area contributed by atoms with E-state index in [2.05, 4.69) is 17.6 Å². The highest BCUT2D eigenvalue weighted by molar-refractivity contribution is 4.92. The van der Waals surface area contributed by atoms with Gasteiger partial charge >= 0.3 is 0 Å². The molecule has 0 saturated carbocycles. The highest BCUT2D eigenvalue weighted by atomic mass is 16.3. The Bertz CT molecular complexity index is 174. The predicted octanol–water partition coefficient (Wildman–Crippen LogP) is 0.737. The van der Waals surface area contributed by atoms with Gasteiger partial charge in [0.15, 0.2) is 0 Å². The summed E-state index contributed by atoms with van der Waals surface area (Å²) in [5.41, 5.74) is -0.440. The number of nitrogens with one attached hydrogen (secondary N) is 2.